The van der Waals surface area contributed by atoms with E-state index in [0.717, 1.165) is 28.5 Å². The average molecular weight is 352 g/mol. The fourth-order valence-corrected chi connectivity index (χ4v) is 3.28. The summed E-state index contributed by atoms with van der Waals surface area (Å²) in [4.78, 5) is 13.7. The Morgan fingerprint density at radius 1 is 1.17 bits per heavy atom. The van der Waals surface area contributed by atoms with Gasteiger partial charge in [-0.25, -0.2) is 9.97 Å². The zero-order valence-electron chi connectivity index (χ0n) is 13.3. The van der Waals surface area contributed by atoms with Crippen molar-refractivity contribution in [2.24, 2.45) is 7.05 Å². The lowest BCUT2D eigenvalue weighted by atomic mass is 10.2. The van der Waals surface area contributed by atoms with E-state index in [1.165, 1.54) is 0 Å². The van der Waals surface area contributed by atoms with Gasteiger partial charge in [-0.2, -0.15) is 13.2 Å². The second-order valence-corrected chi connectivity index (χ2v) is 6.66. The predicted octanol–water partition coefficient (Wildman–Crippen LogP) is 4.47. The molecule has 0 radical (unpaired) electrons. The van der Waals surface area contributed by atoms with Gasteiger partial charge in [-0.1, -0.05) is 6.92 Å². The second-order valence-electron chi connectivity index (χ2n) is 5.35. The Hall–Kier alpha value is -2.09. The number of aryl methyl sites for hydroxylation is 2. The molecule has 0 atom stereocenters. The van der Waals surface area contributed by atoms with Gasteiger partial charge in [-0.15, -0.1) is 11.8 Å². The minimum atomic E-state index is -4.44. The maximum atomic E-state index is 12.9. The van der Waals surface area contributed by atoms with Crippen molar-refractivity contribution in [1.29, 1.82) is 0 Å². The summed E-state index contributed by atoms with van der Waals surface area (Å²) < 4.78 is 40.3. The normalized spacial score (nSPS) is 12.1. The first-order chi connectivity index (χ1) is 11.3. The van der Waals surface area contributed by atoms with E-state index in [-0.39, 0.29) is 5.52 Å². The van der Waals surface area contributed by atoms with E-state index in [9.17, 15) is 13.2 Å². The van der Waals surface area contributed by atoms with Crippen molar-refractivity contribution in [3.63, 3.8) is 0 Å². The van der Waals surface area contributed by atoms with E-state index in [0.29, 0.717) is 17.2 Å². The number of imidazole rings is 1. The number of aromatic nitrogens is 4. The van der Waals surface area contributed by atoms with Crippen molar-refractivity contribution in [3.8, 4) is 11.5 Å². The molecule has 0 aromatic carbocycles. The van der Waals surface area contributed by atoms with Crippen LogP contribution in [0.15, 0.2) is 29.4 Å². The molecule has 24 heavy (non-hydrogen) atoms. The van der Waals surface area contributed by atoms with Crippen LogP contribution >= 0.6 is 11.8 Å². The first-order valence-corrected chi connectivity index (χ1v) is 8.29. The topological polar surface area (TPSA) is 43.6 Å². The van der Waals surface area contributed by atoms with Gasteiger partial charge in [0.1, 0.15) is 11.2 Å². The zero-order valence-corrected chi connectivity index (χ0v) is 14.2. The largest absolute Gasteiger partial charge is 0.417 e. The third-order valence-corrected chi connectivity index (χ3v) is 4.45. The Morgan fingerprint density at radius 2 is 1.92 bits per heavy atom. The van der Waals surface area contributed by atoms with Crippen molar-refractivity contribution in [3.05, 3.63) is 35.7 Å². The Morgan fingerprint density at radius 3 is 2.58 bits per heavy atom. The molecule has 3 aromatic heterocycles. The fraction of sp³-hybridized carbons (Fsp3) is 0.312. The molecule has 0 aliphatic rings. The van der Waals surface area contributed by atoms with Gasteiger partial charge in [0.15, 0.2) is 11.5 Å². The van der Waals surface area contributed by atoms with Crippen molar-refractivity contribution in [2.45, 2.75) is 24.9 Å². The highest BCUT2D eigenvalue weighted by Crippen LogP contribution is 2.33. The summed E-state index contributed by atoms with van der Waals surface area (Å²) in [6, 6.07) is 3.02. The van der Waals surface area contributed by atoms with Gasteiger partial charge in [-0.05, 0) is 30.4 Å². The highest BCUT2D eigenvalue weighted by molar-refractivity contribution is 7.99. The van der Waals surface area contributed by atoms with E-state index in [4.69, 9.17) is 0 Å². The van der Waals surface area contributed by atoms with Gasteiger partial charge in [0.25, 0.3) is 0 Å². The van der Waals surface area contributed by atoms with E-state index in [2.05, 4.69) is 15.0 Å². The third kappa shape index (κ3) is 2.98. The predicted molar refractivity (Wildman–Crippen MR) is 87.9 cm³/mol. The van der Waals surface area contributed by atoms with E-state index < -0.39 is 11.7 Å². The van der Waals surface area contributed by atoms with Crippen LogP contribution in [0.2, 0.25) is 0 Å². The van der Waals surface area contributed by atoms with E-state index >= 15 is 0 Å². The van der Waals surface area contributed by atoms with E-state index in [1.54, 1.807) is 29.6 Å². The summed E-state index contributed by atoms with van der Waals surface area (Å²) >= 11 is 1.62. The quantitative estimate of drug-likeness (QED) is 0.653. The number of pyridine rings is 2. The maximum Gasteiger partial charge on any atom is 0.417 e. The molecule has 0 aliphatic carbocycles. The molecule has 4 nitrogen and oxygen atoms in total. The van der Waals surface area contributed by atoms with Crippen LogP contribution in [-0.4, -0.2) is 25.3 Å². The van der Waals surface area contributed by atoms with Gasteiger partial charge in [-0.3, -0.25) is 4.98 Å². The molecule has 0 saturated heterocycles. The third-order valence-electron chi connectivity index (χ3n) is 3.54. The Kier molecular flexibility index (Phi) is 4.25. The van der Waals surface area contributed by atoms with Crippen LogP contribution in [0.4, 0.5) is 13.2 Å². The number of thioether (sulfide) groups is 1. The molecular formula is C16H15F3N4S. The van der Waals surface area contributed by atoms with Gasteiger partial charge >= 0.3 is 6.18 Å². The summed E-state index contributed by atoms with van der Waals surface area (Å²) in [5.41, 5.74) is 1.47. The molecule has 0 N–H and O–H groups in total. The molecule has 0 saturated carbocycles. The number of rotatable bonds is 3. The monoisotopic (exact) mass is 352 g/mol. The summed E-state index contributed by atoms with van der Waals surface area (Å²) in [7, 11) is 1.73. The van der Waals surface area contributed by atoms with Crippen molar-refractivity contribution in [2.75, 3.05) is 5.75 Å². The second kappa shape index (κ2) is 6.08. The summed E-state index contributed by atoms with van der Waals surface area (Å²) in [5, 5.41) is 0. The molecule has 0 aliphatic heterocycles. The molecule has 0 unspecified atom stereocenters. The van der Waals surface area contributed by atoms with E-state index in [1.807, 2.05) is 19.9 Å². The number of hydrogen-bond donors (Lipinski definition) is 0. The SMILES string of the molecule is CCSc1cc(C)cnc1-c1nc2cc(C(F)(F)F)cnc2n1C. The van der Waals surface area contributed by atoms with Gasteiger partial charge in [0.05, 0.1) is 5.56 Å². The number of halogens is 3. The van der Waals surface area contributed by atoms with Gasteiger partial charge in [0, 0.05) is 24.3 Å². The molecule has 0 fully saturated rings. The number of nitrogens with zero attached hydrogens (tertiary/aromatic N) is 4. The Labute approximate surface area is 141 Å². The van der Waals surface area contributed by atoms with Crippen LogP contribution in [-0.2, 0) is 13.2 Å². The zero-order chi connectivity index (χ0) is 17.5. The van der Waals surface area contributed by atoms with Crippen LogP contribution in [0.1, 0.15) is 18.1 Å². The number of fused-ring (bicyclic) bond motifs is 1. The van der Waals surface area contributed by atoms with Gasteiger partial charge < -0.3 is 4.57 Å². The summed E-state index contributed by atoms with van der Waals surface area (Å²) in [6.45, 7) is 3.98. The Balaban J connectivity index is 2.19. The lowest BCUT2D eigenvalue weighted by Crippen LogP contribution is -2.05. The molecule has 0 bridgehead atoms. The Bertz CT molecular complexity index is 902. The molecule has 3 aromatic rings. The molecule has 3 heterocycles. The summed E-state index contributed by atoms with van der Waals surface area (Å²) in [5.74, 6) is 1.37. The molecule has 0 amide bonds. The fourth-order valence-electron chi connectivity index (χ4n) is 2.42. The van der Waals surface area contributed by atoms with Crippen molar-refractivity contribution >= 4 is 22.9 Å². The smallest absolute Gasteiger partial charge is 0.310 e. The first-order valence-electron chi connectivity index (χ1n) is 7.30. The van der Waals surface area contributed by atoms with Crippen LogP contribution in [0.25, 0.3) is 22.7 Å². The van der Waals surface area contributed by atoms with Gasteiger partial charge in [0.2, 0.25) is 0 Å². The minimum absolute atomic E-state index is 0.206. The number of alkyl halides is 3. The van der Waals surface area contributed by atoms with Crippen LogP contribution in [0.5, 0.6) is 0 Å². The summed E-state index contributed by atoms with van der Waals surface area (Å²) in [6.07, 6.45) is -1.88. The van der Waals surface area contributed by atoms with Crippen molar-refractivity contribution in [1.82, 2.24) is 19.5 Å². The molecular weight excluding hydrogens is 337 g/mol. The van der Waals surface area contributed by atoms with Crippen LogP contribution in [0.3, 0.4) is 0 Å². The lowest BCUT2D eigenvalue weighted by molar-refractivity contribution is -0.137. The molecule has 8 heteroatoms. The minimum Gasteiger partial charge on any atom is -0.310 e. The van der Waals surface area contributed by atoms with Crippen LogP contribution in [0, 0.1) is 6.92 Å². The maximum absolute atomic E-state index is 12.9. The molecule has 0 spiro atoms. The highest BCUT2D eigenvalue weighted by atomic mass is 32.2. The average Bonchev–Trinajstić information content (AvgIpc) is 2.83. The standard InChI is InChI=1S/C16H15F3N4S/c1-4-24-12-5-9(2)7-20-13(12)15-22-11-6-10(16(17,18)19)8-21-14(11)23(15)3/h5-8H,4H2,1-3H3. The molecule has 3 rings (SSSR count). The highest BCUT2D eigenvalue weighted by Gasteiger charge is 2.32. The first kappa shape index (κ1) is 16.8. The van der Waals surface area contributed by atoms with Crippen molar-refractivity contribution < 1.29 is 13.2 Å². The number of hydrogen-bond acceptors (Lipinski definition) is 4. The molecule has 126 valence electrons. The lowest BCUT2D eigenvalue weighted by Gasteiger charge is -2.08. The van der Waals surface area contributed by atoms with Crippen LogP contribution < -0.4 is 0 Å².